The van der Waals surface area contributed by atoms with E-state index in [1.54, 1.807) is 6.20 Å². The van der Waals surface area contributed by atoms with Gasteiger partial charge >= 0.3 is 0 Å². The van der Waals surface area contributed by atoms with Crippen molar-refractivity contribution in [2.45, 2.75) is 64.9 Å². The second-order valence-corrected chi connectivity index (χ2v) is 9.82. The lowest BCUT2D eigenvalue weighted by Crippen LogP contribution is -2.49. The van der Waals surface area contributed by atoms with Gasteiger partial charge in [0, 0.05) is 18.0 Å². The Morgan fingerprint density at radius 1 is 1.07 bits per heavy atom. The van der Waals surface area contributed by atoms with E-state index in [9.17, 15) is 9.50 Å². The van der Waals surface area contributed by atoms with E-state index in [1.807, 2.05) is 0 Å². The number of halogens is 1. The molecule has 3 heteroatoms. The maximum absolute atomic E-state index is 14.5. The van der Waals surface area contributed by atoms with Crippen molar-refractivity contribution in [3.05, 3.63) is 47.6 Å². The molecule has 2 nitrogen and oxygen atoms in total. The third kappa shape index (κ3) is 2.43. The molecule has 6 atom stereocenters. The number of hydrogen-bond donors (Lipinski definition) is 1. The molecule has 0 aliphatic heterocycles. The van der Waals surface area contributed by atoms with Gasteiger partial charge in [-0.15, -0.1) is 0 Å². The number of fused-ring (bicyclic) bond motifs is 5. The molecule has 0 spiro atoms. The Kier molecular flexibility index (Phi) is 3.92. The molecule has 4 aliphatic carbocycles. The molecule has 1 aromatic heterocycles. The molecule has 0 aromatic carbocycles. The molecular weight excluding hydrogens is 337 g/mol. The lowest BCUT2D eigenvalue weighted by atomic mass is 9.47. The van der Waals surface area contributed by atoms with Gasteiger partial charge in [-0.3, -0.25) is 4.98 Å². The van der Waals surface area contributed by atoms with Crippen molar-refractivity contribution in [3.63, 3.8) is 0 Å². The average Bonchev–Trinajstić information content (AvgIpc) is 3.00. The number of aromatic nitrogens is 1. The fourth-order valence-electron chi connectivity index (χ4n) is 7.20. The van der Waals surface area contributed by atoms with Crippen LogP contribution in [-0.2, 0) is 0 Å². The molecule has 2 saturated carbocycles. The number of aliphatic hydroxyl groups excluding tert-OH is 1. The van der Waals surface area contributed by atoms with Crippen molar-refractivity contribution in [3.8, 4) is 0 Å². The van der Waals surface area contributed by atoms with Gasteiger partial charge in [-0.1, -0.05) is 31.6 Å². The third-order valence-electron chi connectivity index (χ3n) is 8.72. The summed E-state index contributed by atoms with van der Waals surface area (Å²) >= 11 is 0. The van der Waals surface area contributed by atoms with Crippen LogP contribution in [0.25, 0.3) is 5.57 Å². The molecule has 1 aromatic rings. The molecule has 1 heterocycles. The average molecular weight is 368 g/mol. The molecule has 0 saturated heterocycles. The van der Waals surface area contributed by atoms with Gasteiger partial charge < -0.3 is 5.11 Å². The normalized spacial score (nSPS) is 43.3. The quantitative estimate of drug-likeness (QED) is 0.661. The minimum Gasteiger partial charge on any atom is -0.393 e. The predicted octanol–water partition coefficient (Wildman–Crippen LogP) is 5.54. The molecule has 1 N–H and O–H groups in total. The van der Waals surface area contributed by atoms with Crippen LogP contribution in [0.2, 0.25) is 0 Å². The first kappa shape index (κ1) is 17.6. The Balaban J connectivity index is 1.49. The zero-order valence-corrected chi connectivity index (χ0v) is 16.4. The van der Waals surface area contributed by atoms with Crippen molar-refractivity contribution in [2.24, 2.45) is 28.6 Å². The van der Waals surface area contributed by atoms with Gasteiger partial charge in [0.25, 0.3) is 0 Å². The van der Waals surface area contributed by atoms with Crippen LogP contribution in [0.1, 0.15) is 64.4 Å². The molecule has 4 aliphatic rings. The number of aliphatic hydroxyl groups is 1. The number of allylic oxidation sites excluding steroid dienone is 3. The van der Waals surface area contributed by atoms with E-state index in [0.717, 1.165) is 38.5 Å². The molecule has 27 heavy (non-hydrogen) atoms. The molecule has 0 amide bonds. The highest BCUT2D eigenvalue weighted by Gasteiger charge is 2.56. The van der Waals surface area contributed by atoms with Gasteiger partial charge in [-0.25, -0.2) is 4.39 Å². The van der Waals surface area contributed by atoms with Crippen LogP contribution in [0.15, 0.2) is 36.2 Å². The standard InChI is InChI=1S/C24H30FNO/c1-23-10-7-16(27)13-15(23)3-4-17-19-5-6-20(18-14-26-12-9-22(18)25)24(19,2)11-8-21(17)23/h3,6,9,12,14,16-17,19,21,27H,4-5,7-8,10-11,13H2,1-2H3/t16-,17-,19-,21-,23-,24-/m0/s1. The summed E-state index contributed by atoms with van der Waals surface area (Å²) < 4.78 is 14.5. The van der Waals surface area contributed by atoms with Crippen molar-refractivity contribution < 1.29 is 9.50 Å². The van der Waals surface area contributed by atoms with Crippen LogP contribution >= 0.6 is 0 Å². The summed E-state index contributed by atoms with van der Waals surface area (Å²) in [7, 11) is 0. The van der Waals surface area contributed by atoms with Crippen molar-refractivity contribution in [2.75, 3.05) is 0 Å². The lowest BCUT2D eigenvalue weighted by Gasteiger charge is -2.57. The van der Waals surface area contributed by atoms with E-state index in [2.05, 4.69) is 31.0 Å². The Hall–Kier alpha value is -1.48. The fraction of sp³-hybridized carbons (Fsp3) is 0.625. The third-order valence-corrected chi connectivity index (χ3v) is 8.72. The molecule has 0 unspecified atom stereocenters. The summed E-state index contributed by atoms with van der Waals surface area (Å²) in [6, 6.07) is 1.49. The first-order valence-corrected chi connectivity index (χ1v) is 10.6. The second kappa shape index (κ2) is 6.01. The maximum atomic E-state index is 14.5. The largest absolute Gasteiger partial charge is 0.393 e. The second-order valence-electron chi connectivity index (χ2n) is 9.82. The Bertz CT molecular complexity index is 829. The van der Waals surface area contributed by atoms with Gasteiger partial charge in [0.2, 0.25) is 0 Å². The maximum Gasteiger partial charge on any atom is 0.133 e. The zero-order valence-electron chi connectivity index (χ0n) is 16.4. The van der Waals surface area contributed by atoms with E-state index >= 15 is 0 Å². The zero-order chi connectivity index (χ0) is 18.8. The van der Waals surface area contributed by atoms with E-state index in [0.29, 0.717) is 23.3 Å². The predicted molar refractivity (Wildman–Crippen MR) is 105 cm³/mol. The Labute approximate surface area is 161 Å². The topological polar surface area (TPSA) is 33.1 Å². The number of rotatable bonds is 1. The number of hydrogen-bond acceptors (Lipinski definition) is 2. The van der Waals surface area contributed by atoms with Crippen LogP contribution in [0, 0.1) is 34.4 Å². The summed E-state index contributed by atoms with van der Waals surface area (Å²) in [5.74, 6) is 1.82. The highest BCUT2D eigenvalue weighted by atomic mass is 19.1. The van der Waals surface area contributed by atoms with Gasteiger partial charge in [-0.2, -0.15) is 0 Å². The van der Waals surface area contributed by atoms with Gasteiger partial charge in [0.15, 0.2) is 0 Å². The monoisotopic (exact) mass is 367 g/mol. The fourth-order valence-corrected chi connectivity index (χ4v) is 7.20. The molecule has 5 rings (SSSR count). The van der Waals surface area contributed by atoms with Crippen LogP contribution in [0.3, 0.4) is 0 Å². The van der Waals surface area contributed by atoms with Crippen molar-refractivity contribution in [1.29, 1.82) is 0 Å². The molecule has 144 valence electrons. The summed E-state index contributed by atoms with van der Waals surface area (Å²) in [5, 5.41) is 10.1. The molecule has 0 bridgehead atoms. The van der Waals surface area contributed by atoms with Crippen molar-refractivity contribution >= 4 is 5.57 Å². The first-order chi connectivity index (χ1) is 12.9. The van der Waals surface area contributed by atoms with Crippen LogP contribution in [0.5, 0.6) is 0 Å². The van der Waals surface area contributed by atoms with E-state index in [1.165, 1.54) is 29.8 Å². The molecule has 2 fully saturated rings. The summed E-state index contributed by atoms with van der Waals surface area (Å²) in [5.41, 5.74) is 3.72. The summed E-state index contributed by atoms with van der Waals surface area (Å²) in [6.07, 6.45) is 15.3. The number of pyridine rings is 1. The Morgan fingerprint density at radius 2 is 1.89 bits per heavy atom. The number of nitrogens with zero attached hydrogens (tertiary/aromatic N) is 1. The Morgan fingerprint density at radius 3 is 2.70 bits per heavy atom. The highest BCUT2D eigenvalue weighted by Crippen LogP contribution is 2.66. The minimum absolute atomic E-state index is 0.0565. The van der Waals surface area contributed by atoms with Gasteiger partial charge in [-0.05, 0) is 85.2 Å². The SMILES string of the molecule is C[C@]12CC[C@H](O)CC1=CC[C@@H]1[C@@H]2CC[C@]2(C)C(c3cnccc3F)=CC[C@@H]12. The molecule has 0 radical (unpaired) electrons. The van der Waals surface area contributed by atoms with E-state index in [4.69, 9.17) is 0 Å². The lowest BCUT2D eigenvalue weighted by molar-refractivity contribution is -0.0238. The molecular formula is C24H30FNO. The van der Waals surface area contributed by atoms with E-state index in [-0.39, 0.29) is 22.8 Å². The van der Waals surface area contributed by atoms with Gasteiger partial charge in [0.1, 0.15) is 5.82 Å². The van der Waals surface area contributed by atoms with Crippen LogP contribution in [0.4, 0.5) is 4.39 Å². The van der Waals surface area contributed by atoms with Crippen molar-refractivity contribution in [1.82, 2.24) is 4.98 Å². The smallest absolute Gasteiger partial charge is 0.133 e. The summed E-state index contributed by atoms with van der Waals surface area (Å²) in [4.78, 5) is 4.20. The minimum atomic E-state index is -0.150. The van der Waals surface area contributed by atoms with Crippen LogP contribution < -0.4 is 0 Å². The highest BCUT2D eigenvalue weighted by molar-refractivity contribution is 5.72. The summed E-state index contributed by atoms with van der Waals surface area (Å²) in [6.45, 7) is 4.82. The van der Waals surface area contributed by atoms with E-state index < -0.39 is 0 Å². The first-order valence-electron chi connectivity index (χ1n) is 10.6. The van der Waals surface area contributed by atoms with Gasteiger partial charge in [0.05, 0.1) is 6.10 Å². The van der Waals surface area contributed by atoms with Crippen LogP contribution in [-0.4, -0.2) is 16.2 Å².